The molecule has 0 fully saturated rings. The molecule has 0 bridgehead atoms. The summed E-state index contributed by atoms with van der Waals surface area (Å²) < 4.78 is 25.8. The average Bonchev–Trinajstić information content (AvgIpc) is 2.92. The lowest BCUT2D eigenvalue weighted by Gasteiger charge is -2.11. The van der Waals surface area contributed by atoms with Crippen molar-refractivity contribution < 1.29 is 18.8 Å². The van der Waals surface area contributed by atoms with E-state index in [9.17, 15) is 18.8 Å². The Labute approximate surface area is 163 Å². The number of hydrogen-bond donors (Lipinski definition) is 1. The molecule has 0 unspecified atom stereocenters. The Kier molecular flexibility index (Phi) is 5.79. The molecule has 2 aromatic rings. The third kappa shape index (κ3) is 4.29. The summed E-state index contributed by atoms with van der Waals surface area (Å²) in [6, 6.07) is 12.9. The van der Waals surface area contributed by atoms with E-state index in [0.29, 0.717) is 28.0 Å². The SMILES string of the molecule is CN(O)C=C1C(=O)N(c2ccc(Cl)cc2)N=C1c1ccccc1SC(F)F. The average molecular weight is 410 g/mol. The van der Waals surface area contributed by atoms with Crippen LogP contribution in [0.4, 0.5) is 14.5 Å². The van der Waals surface area contributed by atoms with Gasteiger partial charge in [0.2, 0.25) is 0 Å². The van der Waals surface area contributed by atoms with Crippen molar-refractivity contribution in [2.45, 2.75) is 10.7 Å². The van der Waals surface area contributed by atoms with Crippen LogP contribution in [0.1, 0.15) is 5.56 Å². The molecule has 1 aliphatic heterocycles. The van der Waals surface area contributed by atoms with E-state index in [4.69, 9.17) is 11.6 Å². The lowest BCUT2D eigenvalue weighted by Crippen LogP contribution is -2.22. The molecule has 140 valence electrons. The molecule has 1 heterocycles. The van der Waals surface area contributed by atoms with E-state index in [-0.39, 0.29) is 16.2 Å². The number of hydroxylamine groups is 2. The standard InChI is InChI=1S/C18H14ClF2N3O2S/c1-23(26)10-14-16(13-4-2-3-5-15(13)27-18(20)21)22-24(17(14)25)12-8-6-11(19)7-9-12/h2-10,18,26H,1H3. The molecule has 9 heteroatoms. The van der Waals surface area contributed by atoms with Gasteiger partial charge in [-0.15, -0.1) is 0 Å². The Balaban J connectivity index is 2.11. The number of amides is 1. The van der Waals surface area contributed by atoms with Crippen LogP contribution in [-0.2, 0) is 4.79 Å². The van der Waals surface area contributed by atoms with Gasteiger partial charge in [0.05, 0.1) is 11.3 Å². The summed E-state index contributed by atoms with van der Waals surface area (Å²) in [6.45, 7) is 0. The maximum absolute atomic E-state index is 12.9. The molecule has 1 amide bonds. The van der Waals surface area contributed by atoms with Crippen molar-refractivity contribution in [2.24, 2.45) is 5.10 Å². The predicted molar refractivity (Wildman–Crippen MR) is 101 cm³/mol. The van der Waals surface area contributed by atoms with Crippen LogP contribution in [-0.4, -0.2) is 34.7 Å². The van der Waals surface area contributed by atoms with E-state index < -0.39 is 11.7 Å². The minimum absolute atomic E-state index is 0.0808. The number of alkyl halides is 2. The minimum Gasteiger partial charge on any atom is -0.289 e. The number of benzene rings is 2. The molecule has 2 aromatic carbocycles. The van der Waals surface area contributed by atoms with Crippen LogP contribution in [0.15, 0.2) is 70.3 Å². The van der Waals surface area contributed by atoms with E-state index in [1.54, 1.807) is 42.5 Å². The Morgan fingerprint density at radius 3 is 2.52 bits per heavy atom. The fourth-order valence-corrected chi connectivity index (χ4v) is 3.30. The number of carbonyl (C=O) groups excluding carboxylic acids is 1. The summed E-state index contributed by atoms with van der Waals surface area (Å²) >= 11 is 6.25. The first-order valence-corrected chi connectivity index (χ1v) is 8.99. The van der Waals surface area contributed by atoms with Crippen LogP contribution in [0.3, 0.4) is 0 Å². The van der Waals surface area contributed by atoms with E-state index in [1.165, 1.54) is 19.3 Å². The van der Waals surface area contributed by atoms with Crippen LogP contribution in [0.2, 0.25) is 5.02 Å². The summed E-state index contributed by atoms with van der Waals surface area (Å²) in [7, 11) is 1.34. The second-order valence-electron chi connectivity index (χ2n) is 5.53. The fraction of sp³-hybridized carbons (Fsp3) is 0.111. The zero-order valence-electron chi connectivity index (χ0n) is 14.0. The summed E-state index contributed by atoms with van der Waals surface area (Å²) in [5.74, 6) is -3.12. The lowest BCUT2D eigenvalue weighted by atomic mass is 10.0. The monoisotopic (exact) mass is 409 g/mol. The first-order chi connectivity index (χ1) is 12.9. The van der Waals surface area contributed by atoms with Crippen molar-refractivity contribution in [3.8, 4) is 0 Å². The molecule has 1 N–H and O–H groups in total. The zero-order valence-corrected chi connectivity index (χ0v) is 15.6. The largest absolute Gasteiger partial charge is 0.289 e. The summed E-state index contributed by atoms with van der Waals surface area (Å²) in [6.07, 6.45) is 1.20. The highest BCUT2D eigenvalue weighted by Gasteiger charge is 2.33. The topological polar surface area (TPSA) is 56.1 Å². The van der Waals surface area contributed by atoms with Crippen molar-refractivity contribution in [2.75, 3.05) is 12.1 Å². The quantitative estimate of drug-likeness (QED) is 0.445. The van der Waals surface area contributed by atoms with Gasteiger partial charge in [-0.1, -0.05) is 41.6 Å². The molecular formula is C18H14ClF2N3O2S. The number of carbonyl (C=O) groups is 1. The molecule has 0 aromatic heterocycles. The lowest BCUT2D eigenvalue weighted by molar-refractivity contribution is -0.114. The number of hydrazone groups is 1. The van der Waals surface area contributed by atoms with Gasteiger partial charge in [-0.2, -0.15) is 18.9 Å². The van der Waals surface area contributed by atoms with Crippen molar-refractivity contribution in [1.82, 2.24) is 5.06 Å². The molecule has 5 nitrogen and oxygen atoms in total. The fourth-order valence-electron chi connectivity index (χ4n) is 2.54. The Bertz CT molecular complexity index is 917. The van der Waals surface area contributed by atoms with Gasteiger partial charge < -0.3 is 0 Å². The third-order valence-electron chi connectivity index (χ3n) is 3.62. The smallest absolute Gasteiger partial charge is 0.288 e. The van der Waals surface area contributed by atoms with Crippen molar-refractivity contribution >= 4 is 40.7 Å². The molecule has 0 saturated heterocycles. The summed E-state index contributed by atoms with van der Waals surface area (Å²) in [5.41, 5.74) is 1.11. The zero-order chi connectivity index (χ0) is 19.6. The molecule has 0 atom stereocenters. The summed E-state index contributed by atoms with van der Waals surface area (Å²) in [4.78, 5) is 13.1. The first-order valence-electron chi connectivity index (χ1n) is 7.73. The van der Waals surface area contributed by atoms with Crippen molar-refractivity contribution in [1.29, 1.82) is 0 Å². The van der Waals surface area contributed by atoms with Crippen LogP contribution < -0.4 is 5.01 Å². The number of rotatable bonds is 5. The highest BCUT2D eigenvalue weighted by molar-refractivity contribution is 7.99. The number of thioether (sulfide) groups is 1. The highest BCUT2D eigenvalue weighted by Crippen LogP contribution is 2.33. The van der Waals surface area contributed by atoms with Crippen molar-refractivity contribution in [3.05, 3.63) is 70.9 Å². The second-order valence-corrected chi connectivity index (χ2v) is 7.00. The summed E-state index contributed by atoms with van der Waals surface area (Å²) in [5, 5.41) is 16.3. The van der Waals surface area contributed by atoms with Gasteiger partial charge in [0.15, 0.2) is 0 Å². The maximum atomic E-state index is 12.9. The van der Waals surface area contributed by atoms with Crippen LogP contribution in [0.5, 0.6) is 0 Å². The Morgan fingerprint density at radius 1 is 1.22 bits per heavy atom. The second kappa shape index (κ2) is 8.08. The molecule has 1 aliphatic rings. The van der Waals surface area contributed by atoms with Gasteiger partial charge in [-0.05, 0) is 30.3 Å². The molecule has 0 aliphatic carbocycles. The molecule has 0 spiro atoms. The van der Waals surface area contributed by atoms with E-state index in [0.717, 1.165) is 10.1 Å². The van der Waals surface area contributed by atoms with Crippen LogP contribution in [0.25, 0.3) is 0 Å². The number of halogens is 3. The number of anilines is 1. The first kappa shape index (κ1) is 19.3. The number of nitrogens with zero attached hydrogens (tertiary/aromatic N) is 3. The predicted octanol–water partition coefficient (Wildman–Crippen LogP) is 4.61. The Morgan fingerprint density at radius 2 is 1.89 bits per heavy atom. The van der Waals surface area contributed by atoms with Crippen molar-refractivity contribution in [3.63, 3.8) is 0 Å². The van der Waals surface area contributed by atoms with Crippen LogP contribution in [0, 0.1) is 0 Å². The normalized spacial score (nSPS) is 15.6. The molecule has 3 rings (SSSR count). The van der Waals surface area contributed by atoms with E-state index in [2.05, 4.69) is 5.10 Å². The molecule has 0 radical (unpaired) electrons. The van der Waals surface area contributed by atoms with Crippen LogP contribution >= 0.6 is 23.4 Å². The highest BCUT2D eigenvalue weighted by atomic mass is 35.5. The van der Waals surface area contributed by atoms with Gasteiger partial charge in [0.25, 0.3) is 11.7 Å². The minimum atomic E-state index is -2.62. The van der Waals surface area contributed by atoms with Gasteiger partial charge >= 0.3 is 0 Å². The Hall–Kier alpha value is -2.42. The van der Waals surface area contributed by atoms with Gasteiger partial charge in [0, 0.05) is 28.7 Å². The van der Waals surface area contributed by atoms with Gasteiger partial charge in [-0.3, -0.25) is 15.1 Å². The number of hydrogen-bond acceptors (Lipinski definition) is 5. The van der Waals surface area contributed by atoms with Gasteiger partial charge in [0.1, 0.15) is 5.71 Å². The van der Waals surface area contributed by atoms with E-state index in [1.807, 2.05) is 0 Å². The molecule has 27 heavy (non-hydrogen) atoms. The third-order valence-corrected chi connectivity index (χ3v) is 4.66. The molecular weight excluding hydrogens is 396 g/mol. The maximum Gasteiger partial charge on any atom is 0.288 e. The molecule has 0 saturated carbocycles. The van der Waals surface area contributed by atoms with E-state index >= 15 is 0 Å². The van der Waals surface area contributed by atoms with Gasteiger partial charge in [-0.25, -0.2) is 0 Å².